The van der Waals surface area contributed by atoms with Crippen LogP contribution in [0.3, 0.4) is 0 Å². The summed E-state index contributed by atoms with van der Waals surface area (Å²) >= 11 is 9.10. The van der Waals surface area contributed by atoms with Crippen LogP contribution in [0.1, 0.15) is 5.56 Å². The molecule has 1 N–H and O–H groups in total. The summed E-state index contributed by atoms with van der Waals surface area (Å²) in [6.45, 7) is 1.57. The summed E-state index contributed by atoms with van der Waals surface area (Å²) in [7, 11) is 3.98. The molecule has 0 aromatic heterocycles. The zero-order valence-corrected chi connectivity index (χ0v) is 11.6. The van der Waals surface area contributed by atoms with E-state index in [9.17, 15) is 5.11 Å². The highest BCUT2D eigenvalue weighted by Gasteiger charge is 2.04. The molecule has 1 rings (SSSR count). The molecule has 88 valence electrons. The maximum Gasteiger partial charge on any atom is 0.138 e. The number of hydrogen-bond donors (Lipinski definition) is 1. The smallest absolute Gasteiger partial charge is 0.138 e. The Morgan fingerprint density at radius 1 is 1.50 bits per heavy atom. The van der Waals surface area contributed by atoms with Crippen molar-refractivity contribution in [2.75, 3.05) is 27.2 Å². The lowest BCUT2D eigenvalue weighted by molar-refractivity contribution is 0.421. The molecule has 0 bridgehead atoms. The number of benzene rings is 1. The molecule has 0 saturated carbocycles. The summed E-state index contributed by atoms with van der Waals surface area (Å²) < 4.78 is 0.578. The summed E-state index contributed by atoms with van der Waals surface area (Å²) in [4.78, 5) is 6.27. The van der Waals surface area contributed by atoms with Crippen LogP contribution in [0.15, 0.2) is 21.6 Å². The number of nitrogens with zero attached hydrogens (tertiary/aromatic N) is 2. The third-order valence-electron chi connectivity index (χ3n) is 1.96. The number of phenols is 1. The van der Waals surface area contributed by atoms with Gasteiger partial charge in [-0.15, -0.1) is 0 Å². The summed E-state index contributed by atoms with van der Waals surface area (Å²) in [6, 6.07) is 3.33. The lowest BCUT2D eigenvalue weighted by atomic mass is 10.2. The van der Waals surface area contributed by atoms with Crippen molar-refractivity contribution in [1.82, 2.24) is 4.90 Å². The van der Waals surface area contributed by atoms with E-state index in [0.29, 0.717) is 21.6 Å². The molecule has 0 spiro atoms. The van der Waals surface area contributed by atoms with Crippen molar-refractivity contribution in [3.05, 3.63) is 27.2 Å². The number of rotatable bonds is 4. The topological polar surface area (TPSA) is 35.8 Å². The first kappa shape index (κ1) is 13.5. The van der Waals surface area contributed by atoms with Gasteiger partial charge in [-0.2, -0.15) is 0 Å². The van der Waals surface area contributed by atoms with Crippen LogP contribution in [0.25, 0.3) is 0 Å². The van der Waals surface area contributed by atoms with Gasteiger partial charge in [0.05, 0.1) is 11.0 Å². The van der Waals surface area contributed by atoms with E-state index in [1.165, 1.54) is 0 Å². The van der Waals surface area contributed by atoms with Gasteiger partial charge in [0.1, 0.15) is 5.75 Å². The second-order valence-electron chi connectivity index (χ2n) is 3.66. The molecule has 0 atom stereocenters. The Kier molecular flexibility index (Phi) is 5.25. The van der Waals surface area contributed by atoms with Crippen LogP contribution in [0.4, 0.5) is 0 Å². The first-order valence-electron chi connectivity index (χ1n) is 4.83. The van der Waals surface area contributed by atoms with Gasteiger partial charge in [-0.05, 0) is 42.2 Å². The molecule has 0 unspecified atom stereocenters. The van der Waals surface area contributed by atoms with Gasteiger partial charge in [0.2, 0.25) is 0 Å². The zero-order valence-electron chi connectivity index (χ0n) is 9.24. The van der Waals surface area contributed by atoms with Gasteiger partial charge < -0.3 is 10.0 Å². The van der Waals surface area contributed by atoms with Crippen LogP contribution >= 0.6 is 27.5 Å². The fourth-order valence-electron chi connectivity index (χ4n) is 1.10. The van der Waals surface area contributed by atoms with Gasteiger partial charge in [0, 0.05) is 23.3 Å². The van der Waals surface area contributed by atoms with E-state index in [0.717, 1.165) is 6.54 Å². The van der Waals surface area contributed by atoms with Gasteiger partial charge >= 0.3 is 0 Å². The van der Waals surface area contributed by atoms with E-state index in [4.69, 9.17) is 11.6 Å². The Morgan fingerprint density at radius 3 is 2.81 bits per heavy atom. The highest BCUT2D eigenvalue weighted by atomic mass is 79.9. The Morgan fingerprint density at radius 2 is 2.19 bits per heavy atom. The van der Waals surface area contributed by atoms with Crippen LogP contribution in [0.2, 0.25) is 5.02 Å². The van der Waals surface area contributed by atoms with Crippen molar-refractivity contribution >= 4 is 33.7 Å². The van der Waals surface area contributed by atoms with Gasteiger partial charge in [-0.1, -0.05) is 11.6 Å². The molecule has 1 aromatic rings. The van der Waals surface area contributed by atoms with E-state index in [1.807, 2.05) is 19.0 Å². The number of aromatic hydroxyl groups is 1. The van der Waals surface area contributed by atoms with Crippen molar-refractivity contribution in [2.45, 2.75) is 0 Å². The van der Waals surface area contributed by atoms with E-state index < -0.39 is 0 Å². The third kappa shape index (κ3) is 4.12. The average Bonchev–Trinajstić information content (AvgIpc) is 2.19. The van der Waals surface area contributed by atoms with Crippen LogP contribution in [0.5, 0.6) is 5.75 Å². The number of phenolic OH excluding ortho intramolecular Hbond substituents is 1. The van der Waals surface area contributed by atoms with E-state index in [1.54, 1.807) is 18.3 Å². The van der Waals surface area contributed by atoms with Crippen molar-refractivity contribution < 1.29 is 5.11 Å². The Hall–Kier alpha value is -0.580. The lowest BCUT2D eigenvalue weighted by Gasteiger charge is -2.06. The summed E-state index contributed by atoms with van der Waals surface area (Å²) in [5.74, 6) is 0.165. The quantitative estimate of drug-likeness (QED) is 0.868. The van der Waals surface area contributed by atoms with Crippen LogP contribution in [-0.2, 0) is 0 Å². The SMILES string of the molecule is CN(C)CCN=Cc1cc(Cl)cc(Br)c1O. The first-order chi connectivity index (χ1) is 7.50. The maximum absolute atomic E-state index is 9.72. The van der Waals surface area contributed by atoms with Gasteiger partial charge in [0.15, 0.2) is 0 Å². The molecule has 0 heterocycles. The molecule has 0 amide bonds. The Labute approximate surface area is 109 Å². The van der Waals surface area contributed by atoms with Gasteiger partial charge in [-0.25, -0.2) is 0 Å². The minimum Gasteiger partial charge on any atom is -0.506 e. The van der Waals surface area contributed by atoms with E-state index in [-0.39, 0.29) is 5.75 Å². The van der Waals surface area contributed by atoms with Crippen molar-refractivity contribution in [1.29, 1.82) is 0 Å². The summed E-state index contributed by atoms with van der Waals surface area (Å²) in [5.41, 5.74) is 0.623. The standard InChI is InChI=1S/C11H14BrClN2O/c1-15(2)4-3-14-7-8-5-9(13)6-10(12)11(8)16/h5-7,16H,3-4H2,1-2H3. The number of likely N-dealkylation sites (N-methyl/N-ethyl adjacent to an activating group) is 1. The number of aliphatic imine (C=N–C) groups is 1. The number of halogens is 2. The summed E-state index contributed by atoms with van der Waals surface area (Å²) in [5, 5.41) is 10.3. The first-order valence-corrected chi connectivity index (χ1v) is 6.00. The zero-order chi connectivity index (χ0) is 12.1. The fourth-order valence-corrected chi connectivity index (χ4v) is 1.94. The highest BCUT2D eigenvalue weighted by Crippen LogP contribution is 2.30. The monoisotopic (exact) mass is 304 g/mol. The Bertz CT molecular complexity index is 394. The van der Waals surface area contributed by atoms with Gasteiger partial charge in [-0.3, -0.25) is 4.99 Å². The minimum absolute atomic E-state index is 0.165. The summed E-state index contributed by atoms with van der Waals surface area (Å²) in [6.07, 6.45) is 1.63. The second kappa shape index (κ2) is 6.23. The molecule has 0 radical (unpaired) electrons. The maximum atomic E-state index is 9.72. The van der Waals surface area contributed by atoms with Crippen LogP contribution in [0, 0.1) is 0 Å². The molecular weight excluding hydrogens is 291 g/mol. The van der Waals surface area contributed by atoms with Gasteiger partial charge in [0.25, 0.3) is 0 Å². The third-order valence-corrected chi connectivity index (χ3v) is 2.79. The molecule has 0 aliphatic carbocycles. The highest BCUT2D eigenvalue weighted by molar-refractivity contribution is 9.10. The van der Waals surface area contributed by atoms with Crippen molar-refractivity contribution in [3.63, 3.8) is 0 Å². The fraction of sp³-hybridized carbons (Fsp3) is 0.364. The second-order valence-corrected chi connectivity index (χ2v) is 4.95. The minimum atomic E-state index is 0.165. The molecular formula is C11H14BrClN2O. The van der Waals surface area contributed by atoms with Crippen molar-refractivity contribution in [2.24, 2.45) is 4.99 Å². The lowest BCUT2D eigenvalue weighted by Crippen LogP contribution is -2.15. The normalized spacial score (nSPS) is 11.6. The Balaban J connectivity index is 2.73. The molecule has 3 nitrogen and oxygen atoms in total. The predicted molar refractivity (Wildman–Crippen MR) is 71.8 cm³/mol. The van der Waals surface area contributed by atoms with E-state index >= 15 is 0 Å². The number of hydrogen-bond acceptors (Lipinski definition) is 3. The molecule has 1 aromatic carbocycles. The largest absolute Gasteiger partial charge is 0.506 e. The molecule has 0 fully saturated rings. The molecule has 0 aliphatic heterocycles. The van der Waals surface area contributed by atoms with E-state index in [2.05, 4.69) is 20.9 Å². The van der Waals surface area contributed by atoms with Crippen molar-refractivity contribution in [3.8, 4) is 5.75 Å². The van der Waals surface area contributed by atoms with Crippen LogP contribution in [-0.4, -0.2) is 43.4 Å². The molecule has 16 heavy (non-hydrogen) atoms. The van der Waals surface area contributed by atoms with Crippen LogP contribution < -0.4 is 0 Å². The predicted octanol–water partition coefficient (Wildman–Crippen LogP) is 2.79. The molecule has 5 heteroatoms. The molecule has 0 saturated heterocycles. The molecule has 0 aliphatic rings. The average molecular weight is 306 g/mol.